The fourth-order valence-electron chi connectivity index (χ4n) is 3.25. The molecule has 0 aromatic heterocycles. The maximum absolute atomic E-state index is 14.0. The van der Waals surface area contributed by atoms with Gasteiger partial charge in [-0.15, -0.1) is 0 Å². The van der Waals surface area contributed by atoms with Crippen LogP contribution in [0.25, 0.3) is 0 Å². The summed E-state index contributed by atoms with van der Waals surface area (Å²) < 4.78 is 15.0. The highest BCUT2D eigenvalue weighted by Crippen LogP contribution is 2.41. The van der Waals surface area contributed by atoms with Gasteiger partial charge in [0.25, 0.3) is 0 Å². The summed E-state index contributed by atoms with van der Waals surface area (Å²) in [7, 11) is 0. The molecule has 1 nitrogen and oxygen atoms in total. The molecule has 2 rings (SSSR count). The van der Waals surface area contributed by atoms with Gasteiger partial charge >= 0.3 is 0 Å². The Kier molecular flexibility index (Phi) is 5.62. The van der Waals surface area contributed by atoms with Gasteiger partial charge in [0.05, 0.1) is 0 Å². The molecule has 1 aliphatic carbocycles. The second-order valence-electron chi connectivity index (χ2n) is 6.64. The van der Waals surface area contributed by atoms with E-state index in [-0.39, 0.29) is 11.2 Å². The van der Waals surface area contributed by atoms with Crippen LogP contribution in [0.4, 0.5) is 4.39 Å². The van der Waals surface area contributed by atoms with E-state index in [1.54, 1.807) is 12.1 Å². The van der Waals surface area contributed by atoms with Gasteiger partial charge in [0.1, 0.15) is 5.82 Å². The van der Waals surface area contributed by atoms with Crippen LogP contribution >= 0.6 is 15.9 Å². The lowest BCUT2D eigenvalue weighted by Crippen LogP contribution is -2.36. The molecule has 0 atom stereocenters. The van der Waals surface area contributed by atoms with Crippen molar-refractivity contribution in [2.24, 2.45) is 11.3 Å². The van der Waals surface area contributed by atoms with E-state index >= 15 is 0 Å². The molecule has 20 heavy (non-hydrogen) atoms. The fourth-order valence-corrected chi connectivity index (χ4v) is 3.66. The Morgan fingerprint density at radius 3 is 2.65 bits per heavy atom. The zero-order valence-electron chi connectivity index (χ0n) is 12.5. The Hall–Kier alpha value is -0.410. The first-order valence-corrected chi connectivity index (χ1v) is 8.45. The van der Waals surface area contributed by atoms with Gasteiger partial charge in [0.2, 0.25) is 0 Å². The third-order valence-electron chi connectivity index (χ3n) is 4.29. The van der Waals surface area contributed by atoms with Crippen molar-refractivity contribution < 1.29 is 4.39 Å². The Morgan fingerprint density at radius 1 is 1.30 bits per heavy atom. The molecule has 0 aliphatic heterocycles. The Balaban J connectivity index is 2.06. The predicted octanol–water partition coefficient (Wildman–Crippen LogP) is 4.94. The van der Waals surface area contributed by atoms with Gasteiger partial charge in [-0.1, -0.05) is 42.6 Å². The van der Waals surface area contributed by atoms with Crippen molar-refractivity contribution in [3.05, 3.63) is 34.1 Å². The normalized spacial score (nSPS) is 17.9. The van der Waals surface area contributed by atoms with Gasteiger partial charge in [-0.05, 0) is 60.9 Å². The molecular weight excluding hydrogens is 317 g/mol. The Labute approximate surface area is 130 Å². The Morgan fingerprint density at radius 2 is 2.00 bits per heavy atom. The molecule has 0 bridgehead atoms. The molecule has 0 unspecified atom stereocenters. The van der Waals surface area contributed by atoms with Crippen LogP contribution < -0.4 is 5.32 Å². The second-order valence-corrected chi connectivity index (χ2v) is 7.56. The van der Waals surface area contributed by atoms with Gasteiger partial charge in [-0.25, -0.2) is 4.39 Å². The maximum Gasteiger partial charge on any atom is 0.126 e. The highest BCUT2D eigenvalue weighted by Gasteiger charge is 2.34. The molecule has 0 heterocycles. The van der Waals surface area contributed by atoms with E-state index < -0.39 is 0 Å². The van der Waals surface area contributed by atoms with Crippen LogP contribution in [0.15, 0.2) is 22.7 Å². The van der Waals surface area contributed by atoms with Crippen molar-refractivity contribution in [1.82, 2.24) is 5.32 Å². The first-order chi connectivity index (χ1) is 9.51. The molecule has 0 spiro atoms. The minimum absolute atomic E-state index is 0.0664. The largest absolute Gasteiger partial charge is 0.316 e. The van der Waals surface area contributed by atoms with Crippen molar-refractivity contribution in [1.29, 1.82) is 0 Å². The summed E-state index contributed by atoms with van der Waals surface area (Å²) in [6, 6.07) is 5.29. The molecular formula is C17H25BrFN. The number of halogens is 2. The van der Waals surface area contributed by atoms with Gasteiger partial charge in [-0.2, -0.15) is 0 Å². The van der Waals surface area contributed by atoms with Crippen molar-refractivity contribution in [2.75, 3.05) is 13.1 Å². The lowest BCUT2D eigenvalue weighted by molar-refractivity contribution is 0.270. The molecule has 1 aliphatic rings. The van der Waals surface area contributed by atoms with Crippen LogP contribution in [0, 0.1) is 17.2 Å². The molecule has 1 N–H and O–H groups in total. The average Bonchev–Trinajstić information content (AvgIpc) is 2.82. The first-order valence-electron chi connectivity index (χ1n) is 7.65. The summed E-state index contributed by atoms with van der Waals surface area (Å²) in [5.74, 6) is 0.597. The summed E-state index contributed by atoms with van der Waals surface area (Å²) >= 11 is 3.45. The van der Waals surface area contributed by atoms with Crippen LogP contribution in [-0.4, -0.2) is 13.1 Å². The molecule has 0 radical (unpaired) electrons. The monoisotopic (exact) mass is 341 g/mol. The zero-order valence-corrected chi connectivity index (χ0v) is 14.1. The maximum atomic E-state index is 14.0. The van der Waals surface area contributed by atoms with Gasteiger partial charge in [-0.3, -0.25) is 0 Å². The van der Waals surface area contributed by atoms with Crippen LogP contribution in [0.5, 0.6) is 0 Å². The van der Waals surface area contributed by atoms with Gasteiger partial charge < -0.3 is 5.32 Å². The minimum Gasteiger partial charge on any atom is -0.316 e. The van der Waals surface area contributed by atoms with Crippen LogP contribution in [-0.2, 0) is 6.42 Å². The predicted molar refractivity (Wildman–Crippen MR) is 86.4 cm³/mol. The second kappa shape index (κ2) is 7.04. The van der Waals surface area contributed by atoms with E-state index in [4.69, 9.17) is 0 Å². The quantitative estimate of drug-likeness (QED) is 0.772. The highest BCUT2D eigenvalue weighted by atomic mass is 79.9. The standard InChI is InChI=1S/C17H25BrFN/c1-13(2)11-20-12-17(7-3-4-8-17)10-14-9-15(18)5-6-16(14)19/h5-6,9,13,20H,3-4,7-8,10-12H2,1-2H3. The van der Waals surface area contributed by atoms with Gasteiger partial charge in [0, 0.05) is 11.0 Å². The van der Waals surface area contributed by atoms with E-state index in [0.29, 0.717) is 5.92 Å². The smallest absolute Gasteiger partial charge is 0.126 e. The lowest BCUT2D eigenvalue weighted by atomic mass is 9.79. The SMILES string of the molecule is CC(C)CNCC1(Cc2cc(Br)ccc2F)CCCC1. The first kappa shape index (κ1) is 16.0. The van der Waals surface area contributed by atoms with Crippen molar-refractivity contribution in [3.63, 3.8) is 0 Å². The molecule has 0 amide bonds. The minimum atomic E-state index is -0.0664. The highest BCUT2D eigenvalue weighted by molar-refractivity contribution is 9.10. The van der Waals surface area contributed by atoms with E-state index in [9.17, 15) is 4.39 Å². The third-order valence-corrected chi connectivity index (χ3v) is 4.78. The number of rotatable bonds is 6. The van der Waals surface area contributed by atoms with Crippen molar-refractivity contribution >= 4 is 15.9 Å². The molecule has 1 aromatic rings. The Bertz CT molecular complexity index is 439. The van der Waals surface area contributed by atoms with E-state index in [1.165, 1.54) is 25.7 Å². The van der Waals surface area contributed by atoms with Crippen molar-refractivity contribution in [3.8, 4) is 0 Å². The summed E-state index contributed by atoms with van der Waals surface area (Å²) in [6.07, 6.45) is 5.83. The topological polar surface area (TPSA) is 12.0 Å². The molecule has 1 fully saturated rings. The molecule has 0 saturated heterocycles. The average molecular weight is 342 g/mol. The lowest BCUT2D eigenvalue weighted by Gasteiger charge is -2.30. The molecule has 112 valence electrons. The van der Waals surface area contributed by atoms with Gasteiger partial charge in [0.15, 0.2) is 0 Å². The molecule has 1 saturated carbocycles. The summed E-state index contributed by atoms with van der Waals surface area (Å²) in [5.41, 5.74) is 1.10. The summed E-state index contributed by atoms with van der Waals surface area (Å²) in [4.78, 5) is 0. The number of hydrogen-bond donors (Lipinski definition) is 1. The van der Waals surface area contributed by atoms with E-state index in [2.05, 4.69) is 35.1 Å². The van der Waals surface area contributed by atoms with Crippen LogP contribution in [0.2, 0.25) is 0 Å². The number of benzene rings is 1. The third kappa shape index (κ3) is 4.29. The van der Waals surface area contributed by atoms with E-state index in [1.807, 2.05) is 6.07 Å². The molecule has 3 heteroatoms. The number of hydrogen-bond acceptors (Lipinski definition) is 1. The van der Waals surface area contributed by atoms with Crippen LogP contribution in [0.1, 0.15) is 45.1 Å². The summed E-state index contributed by atoms with van der Waals surface area (Å²) in [5, 5.41) is 3.59. The molecule has 1 aromatic carbocycles. The summed E-state index contributed by atoms with van der Waals surface area (Å²) in [6.45, 7) is 6.50. The number of nitrogens with one attached hydrogen (secondary N) is 1. The van der Waals surface area contributed by atoms with E-state index in [0.717, 1.165) is 29.5 Å². The fraction of sp³-hybridized carbons (Fsp3) is 0.647. The van der Waals surface area contributed by atoms with Crippen molar-refractivity contribution in [2.45, 2.75) is 46.0 Å². The van der Waals surface area contributed by atoms with Crippen LogP contribution in [0.3, 0.4) is 0 Å². The zero-order chi connectivity index (χ0) is 14.6.